The van der Waals surface area contributed by atoms with E-state index in [2.05, 4.69) is 25.1 Å². The Morgan fingerprint density at radius 1 is 1.56 bits per heavy atom. The number of thiazole rings is 1. The molecule has 18 heavy (non-hydrogen) atoms. The molecule has 1 saturated carbocycles. The lowest BCUT2D eigenvalue weighted by Gasteiger charge is -2.26. The van der Waals surface area contributed by atoms with Gasteiger partial charge < -0.3 is 10.0 Å². The molecule has 3 nitrogen and oxygen atoms in total. The van der Waals surface area contributed by atoms with E-state index in [1.165, 1.54) is 12.8 Å². The van der Waals surface area contributed by atoms with Crippen LogP contribution in [-0.4, -0.2) is 35.2 Å². The molecule has 0 aliphatic heterocycles. The summed E-state index contributed by atoms with van der Waals surface area (Å²) in [6, 6.07) is 0.532. The van der Waals surface area contributed by atoms with E-state index in [-0.39, 0.29) is 6.61 Å². The molecule has 102 valence electrons. The summed E-state index contributed by atoms with van der Waals surface area (Å²) < 4.78 is 0. The molecule has 0 radical (unpaired) electrons. The van der Waals surface area contributed by atoms with Crippen LogP contribution in [0.15, 0.2) is 0 Å². The molecule has 1 aromatic heterocycles. The van der Waals surface area contributed by atoms with Crippen LogP contribution in [-0.2, 0) is 6.61 Å². The molecule has 0 spiro atoms. The van der Waals surface area contributed by atoms with E-state index < -0.39 is 0 Å². The van der Waals surface area contributed by atoms with E-state index in [1.54, 1.807) is 11.3 Å². The zero-order valence-electron chi connectivity index (χ0n) is 11.3. The van der Waals surface area contributed by atoms with Gasteiger partial charge in [-0.25, -0.2) is 4.98 Å². The third-order valence-corrected chi connectivity index (χ3v) is 5.37. The zero-order valence-corrected chi connectivity index (χ0v) is 13.0. The summed E-state index contributed by atoms with van der Waals surface area (Å²) in [7, 11) is 2.13. The van der Waals surface area contributed by atoms with Gasteiger partial charge in [0.05, 0.1) is 17.2 Å². The van der Waals surface area contributed by atoms with Crippen LogP contribution in [0.2, 0.25) is 0 Å². The summed E-state index contributed by atoms with van der Waals surface area (Å²) in [5, 5.41) is 10.5. The second-order valence-corrected chi connectivity index (χ2v) is 6.84. The maximum Gasteiger partial charge on any atom is 0.185 e. The molecule has 1 N–H and O–H groups in total. The van der Waals surface area contributed by atoms with Crippen LogP contribution in [0, 0.1) is 0 Å². The van der Waals surface area contributed by atoms with Crippen molar-refractivity contribution in [3.05, 3.63) is 10.6 Å². The fourth-order valence-corrected chi connectivity index (χ4v) is 4.03. The van der Waals surface area contributed by atoms with Crippen molar-refractivity contribution in [1.82, 2.24) is 4.98 Å². The third-order valence-electron chi connectivity index (χ3n) is 3.50. The molecule has 1 heterocycles. The van der Waals surface area contributed by atoms with Gasteiger partial charge in [0.15, 0.2) is 5.13 Å². The monoisotopic (exact) mass is 286 g/mol. The van der Waals surface area contributed by atoms with E-state index in [4.69, 9.17) is 4.98 Å². The molecule has 1 fully saturated rings. The topological polar surface area (TPSA) is 36.4 Å². The first kappa shape index (κ1) is 14.2. The Hall–Kier alpha value is -0.260. The molecular formula is C13H22N2OS2. The van der Waals surface area contributed by atoms with Gasteiger partial charge in [0.1, 0.15) is 0 Å². The molecule has 1 atom stereocenters. The van der Waals surface area contributed by atoms with E-state index in [0.29, 0.717) is 12.0 Å². The molecule has 2 rings (SSSR count). The molecule has 0 amide bonds. The lowest BCUT2D eigenvalue weighted by molar-refractivity contribution is 0.284. The van der Waals surface area contributed by atoms with Crippen LogP contribution in [0.1, 0.15) is 42.7 Å². The van der Waals surface area contributed by atoms with Gasteiger partial charge in [-0.1, -0.05) is 18.3 Å². The number of rotatable bonds is 7. The van der Waals surface area contributed by atoms with Crippen molar-refractivity contribution in [2.45, 2.75) is 44.8 Å². The van der Waals surface area contributed by atoms with Crippen molar-refractivity contribution in [2.75, 3.05) is 24.0 Å². The number of aromatic nitrogens is 1. The third kappa shape index (κ3) is 3.00. The van der Waals surface area contributed by atoms with Crippen LogP contribution in [0.25, 0.3) is 0 Å². The Morgan fingerprint density at radius 2 is 2.28 bits per heavy atom. The van der Waals surface area contributed by atoms with Gasteiger partial charge >= 0.3 is 0 Å². The highest BCUT2D eigenvalue weighted by Crippen LogP contribution is 2.44. The highest BCUT2D eigenvalue weighted by atomic mass is 32.2. The van der Waals surface area contributed by atoms with Crippen LogP contribution in [0.4, 0.5) is 5.13 Å². The van der Waals surface area contributed by atoms with Gasteiger partial charge in [0.2, 0.25) is 0 Å². The highest BCUT2D eigenvalue weighted by Gasteiger charge is 2.30. The maximum absolute atomic E-state index is 9.44. The summed E-state index contributed by atoms with van der Waals surface area (Å²) in [6.45, 7) is 2.36. The second-order valence-electron chi connectivity index (χ2n) is 4.87. The molecule has 1 unspecified atom stereocenters. The average molecular weight is 286 g/mol. The number of anilines is 1. The van der Waals surface area contributed by atoms with Crippen molar-refractivity contribution in [2.24, 2.45) is 0 Å². The van der Waals surface area contributed by atoms with Crippen LogP contribution >= 0.6 is 23.1 Å². The summed E-state index contributed by atoms with van der Waals surface area (Å²) in [4.78, 5) is 8.12. The minimum absolute atomic E-state index is 0.136. The van der Waals surface area contributed by atoms with Crippen molar-refractivity contribution >= 4 is 28.2 Å². The number of hydrogen-bond acceptors (Lipinski definition) is 5. The fourth-order valence-electron chi connectivity index (χ4n) is 2.14. The van der Waals surface area contributed by atoms with Gasteiger partial charge in [0, 0.05) is 24.8 Å². The highest BCUT2D eigenvalue weighted by molar-refractivity contribution is 7.98. The number of nitrogens with zero attached hydrogens (tertiary/aromatic N) is 2. The van der Waals surface area contributed by atoms with E-state index >= 15 is 0 Å². The molecule has 0 aromatic carbocycles. The lowest BCUT2D eigenvalue weighted by atomic mass is 10.2. The van der Waals surface area contributed by atoms with Gasteiger partial charge in [-0.05, 0) is 25.5 Å². The minimum Gasteiger partial charge on any atom is -0.391 e. The molecule has 1 aromatic rings. The van der Waals surface area contributed by atoms with E-state index in [1.807, 2.05) is 11.8 Å². The SMILES string of the molecule is CCC(CSC)N(C)c1nc(C2CC2)c(CO)s1. The first-order valence-electron chi connectivity index (χ1n) is 6.53. The van der Waals surface area contributed by atoms with Crippen LogP contribution < -0.4 is 4.90 Å². The number of hydrogen-bond donors (Lipinski definition) is 1. The maximum atomic E-state index is 9.44. The Morgan fingerprint density at radius 3 is 2.78 bits per heavy atom. The predicted molar refractivity (Wildman–Crippen MR) is 80.9 cm³/mol. The Balaban J connectivity index is 2.16. The molecule has 1 aliphatic rings. The van der Waals surface area contributed by atoms with Gasteiger partial charge in [-0.15, -0.1) is 0 Å². The number of aliphatic hydroxyl groups is 1. The Bertz CT molecular complexity index is 390. The molecular weight excluding hydrogens is 264 g/mol. The van der Waals surface area contributed by atoms with Crippen molar-refractivity contribution in [1.29, 1.82) is 0 Å². The Labute approximate surface area is 118 Å². The van der Waals surface area contributed by atoms with E-state index in [0.717, 1.165) is 27.9 Å². The summed E-state index contributed by atoms with van der Waals surface area (Å²) >= 11 is 3.54. The first-order valence-corrected chi connectivity index (χ1v) is 8.74. The summed E-state index contributed by atoms with van der Waals surface area (Å²) in [5.74, 6) is 1.74. The van der Waals surface area contributed by atoms with Crippen molar-refractivity contribution in [3.8, 4) is 0 Å². The van der Waals surface area contributed by atoms with Gasteiger partial charge in [-0.3, -0.25) is 0 Å². The van der Waals surface area contributed by atoms with Gasteiger partial charge in [0.25, 0.3) is 0 Å². The minimum atomic E-state index is 0.136. The molecule has 5 heteroatoms. The van der Waals surface area contributed by atoms with Crippen molar-refractivity contribution < 1.29 is 5.11 Å². The summed E-state index contributed by atoms with van der Waals surface area (Å²) in [6.07, 6.45) is 5.75. The standard InChI is InChI=1S/C13H22N2OS2/c1-4-10(8-17-3)15(2)13-14-12(9-5-6-9)11(7-16)18-13/h9-10,16H,4-8H2,1-3H3. The fraction of sp³-hybridized carbons (Fsp3) is 0.769. The summed E-state index contributed by atoms with van der Waals surface area (Å²) in [5.41, 5.74) is 1.16. The van der Waals surface area contributed by atoms with Crippen molar-refractivity contribution in [3.63, 3.8) is 0 Å². The zero-order chi connectivity index (χ0) is 13.1. The molecule has 1 aliphatic carbocycles. The van der Waals surface area contributed by atoms with Crippen LogP contribution in [0.3, 0.4) is 0 Å². The number of thioether (sulfide) groups is 1. The smallest absolute Gasteiger partial charge is 0.185 e. The quantitative estimate of drug-likeness (QED) is 0.835. The predicted octanol–water partition coefficient (Wildman–Crippen LogP) is 3.09. The van der Waals surface area contributed by atoms with E-state index in [9.17, 15) is 5.11 Å². The lowest BCUT2D eigenvalue weighted by Crippen LogP contribution is -2.33. The van der Waals surface area contributed by atoms with Gasteiger partial charge in [-0.2, -0.15) is 11.8 Å². The number of aliphatic hydroxyl groups excluding tert-OH is 1. The first-order chi connectivity index (χ1) is 8.71. The largest absolute Gasteiger partial charge is 0.391 e. The normalized spacial score (nSPS) is 16.9. The second kappa shape index (κ2) is 6.26. The Kier molecular flexibility index (Phi) is 4.92. The van der Waals surface area contributed by atoms with Crippen LogP contribution in [0.5, 0.6) is 0 Å². The average Bonchev–Trinajstić information content (AvgIpc) is 3.14. The molecule has 0 bridgehead atoms. The molecule has 0 saturated heterocycles.